The molecule has 1 aromatic carbocycles. The third-order valence-electron chi connectivity index (χ3n) is 3.53. The molecule has 158 valence electrons. The number of carboxylic acids is 2. The Morgan fingerprint density at radius 3 is 2.45 bits per heavy atom. The van der Waals surface area contributed by atoms with Crippen molar-refractivity contribution < 1.29 is 34.3 Å². The van der Waals surface area contributed by atoms with Gasteiger partial charge in [-0.2, -0.15) is 0 Å². The first kappa shape index (κ1) is 23.8. The summed E-state index contributed by atoms with van der Waals surface area (Å²) >= 11 is 0.934. The molecular weight excluding hydrogens is 408 g/mol. The van der Waals surface area contributed by atoms with Crippen LogP contribution in [0.5, 0.6) is 0 Å². The van der Waals surface area contributed by atoms with Gasteiger partial charge < -0.3 is 26.6 Å². The number of carbonyl (C=O) groups excluding carboxylic acids is 2. The molecule has 2 amide bonds. The summed E-state index contributed by atoms with van der Waals surface area (Å²) in [7, 11) is 0. The number of para-hydroxylation sites is 1. The summed E-state index contributed by atoms with van der Waals surface area (Å²) in [6.45, 7) is -0.675. The number of carbonyl (C=O) groups is 4. The van der Waals surface area contributed by atoms with Gasteiger partial charge in [0.25, 0.3) is 5.69 Å². The Hall–Kier alpha value is -3.19. The van der Waals surface area contributed by atoms with E-state index >= 15 is 0 Å². The summed E-state index contributed by atoms with van der Waals surface area (Å²) in [5.41, 5.74) is 5.14. The largest absolute Gasteiger partial charge is 0.480 e. The fourth-order valence-electron chi connectivity index (χ4n) is 2.05. The lowest BCUT2D eigenvalue weighted by atomic mass is 10.1. The highest BCUT2D eigenvalue weighted by molar-refractivity contribution is 7.99. The highest BCUT2D eigenvalue weighted by Crippen LogP contribution is 2.29. The van der Waals surface area contributed by atoms with Gasteiger partial charge in [-0.25, -0.2) is 0 Å². The van der Waals surface area contributed by atoms with Gasteiger partial charge in [-0.15, -0.1) is 11.8 Å². The molecule has 0 saturated heterocycles. The zero-order valence-corrected chi connectivity index (χ0v) is 15.9. The van der Waals surface area contributed by atoms with Gasteiger partial charge in [-0.1, -0.05) is 12.1 Å². The Kier molecular flexibility index (Phi) is 9.55. The van der Waals surface area contributed by atoms with Crippen LogP contribution in [0.1, 0.15) is 12.8 Å². The molecule has 0 fully saturated rings. The van der Waals surface area contributed by atoms with Crippen LogP contribution in [0.3, 0.4) is 0 Å². The van der Waals surface area contributed by atoms with E-state index in [9.17, 15) is 29.3 Å². The number of nitrogens with zero attached hydrogens (tertiary/aromatic N) is 1. The SMILES string of the molecule is N[C@@H](CCC(=O)NC(CSc1ccccc1[N+](=O)[O-])C(=O)NCC(=O)O)C(=O)O. The zero-order valence-electron chi connectivity index (χ0n) is 15.1. The van der Waals surface area contributed by atoms with E-state index < -0.39 is 47.3 Å². The van der Waals surface area contributed by atoms with Crippen LogP contribution in [0.15, 0.2) is 29.2 Å². The normalized spacial score (nSPS) is 12.4. The molecule has 0 saturated carbocycles. The molecule has 0 aliphatic heterocycles. The summed E-state index contributed by atoms with van der Waals surface area (Å²) in [6.07, 6.45) is -0.436. The van der Waals surface area contributed by atoms with Crippen molar-refractivity contribution in [2.45, 2.75) is 29.8 Å². The Labute approximate surface area is 169 Å². The second-order valence-electron chi connectivity index (χ2n) is 5.75. The maximum atomic E-state index is 12.2. The van der Waals surface area contributed by atoms with Crippen LogP contribution in [-0.4, -0.2) is 63.3 Å². The van der Waals surface area contributed by atoms with Crippen molar-refractivity contribution in [2.75, 3.05) is 12.3 Å². The second-order valence-corrected chi connectivity index (χ2v) is 6.81. The second kappa shape index (κ2) is 11.6. The van der Waals surface area contributed by atoms with E-state index in [4.69, 9.17) is 15.9 Å². The summed E-state index contributed by atoms with van der Waals surface area (Å²) in [4.78, 5) is 56.3. The number of benzene rings is 1. The molecule has 29 heavy (non-hydrogen) atoms. The average Bonchev–Trinajstić information content (AvgIpc) is 2.67. The van der Waals surface area contributed by atoms with E-state index in [1.807, 2.05) is 0 Å². The van der Waals surface area contributed by atoms with E-state index in [0.717, 1.165) is 11.8 Å². The summed E-state index contributed by atoms with van der Waals surface area (Å²) in [5, 5.41) is 33.0. The van der Waals surface area contributed by atoms with Gasteiger partial charge in [0.05, 0.1) is 9.82 Å². The van der Waals surface area contributed by atoms with Gasteiger partial charge in [0.15, 0.2) is 0 Å². The highest BCUT2D eigenvalue weighted by atomic mass is 32.2. The van der Waals surface area contributed by atoms with Crippen LogP contribution in [-0.2, 0) is 19.2 Å². The number of rotatable bonds is 12. The third kappa shape index (κ3) is 8.57. The maximum absolute atomic E-state index is 12.2. The Morgan fingerprint density at radius 2 is 1.86 bits per heavy atom. The van der Waals surface area contributed by atoms with Gasteiger partial charge in [0.2, 0.25) is 11.8 Å². The van der Waals surface area contributed by atoms with Gasteiger partial charge in [-0.05, 0) is 12.5 Å². The molecule has 1 unspecified atom stereocenters. The minimum Gasteiger partial charge on any atom is -0.480 e. The molecule has 0 heterocycles. The van der Waals surface area contributed by atoms with Gasteiger partial charge in [-0.3, -0.25) is 29.3 Å². The van der Waals surface area contributed by atoms with Gasteiger partial charge >= 0.3 is 11.9 Å². The smallest absolute Gasteiger partial charge is 0.322 e. The Morgan fingerprint density at radius 1 is 1.21 bits per heavy atom. The molecule has 0 bridgehead atoms. The number of hydrogen-bond acceptors (Lipinski definition) is 8. The Balaban J connectivity index is 2.81. The fraction of sp³-hybridized carbons (Fsp3) is 0.375. The van der Waals surface area contributed by atoms with Crippen LogP contribution in [0.25, 0.3) is 0 Å². The van der Waals surface area contributed by atoms with Crippen molar-refractivity contribution >= 4 is 41.2 Å². The predicted molar refractivity (Wildman–Crippen MR) is 101 cm³/mol. The number of nitrogens with two attached hydrogens (primary N) is 1. The van der Waals surface area contributed by atoms with E-state index in [1.54, 1.807) is 6.07 Å². The lowest BCUT2D eigenvalue weighted by Gasteiger charge is -2.18. The van der Waals surface area contributed by atoms with E-state index in [-0.39, 0.29) is 29.2 Å². The third-order valence-corrected chi connectivity index (χ3v) is 4.69. The molecular formula is C16H20N4O8S. The van der Waals surface area contributed by atoms with Gasteiger partial charge in [0.1, 0.15) is 18.6 Å². The first-order valence-electron chi connectivity index (χ1n) is 8.25. The van der Waals surface area contributed by atoms with Crippen LogP contribution >= 0.6 is 11.8 Å². The molecule has 2 atom stereocenters. The number of amides is 2. The van der Waals surface area contributed by atoms with Crippen LogP contribution in [0.4, 0.5) is 5.69 Å². The summed E-state index contributed by atoms with van der Waals surface area (Å²) in [5.74, 6) is -4.15. The summed E-state index contributed by atoms with van der Waals surface area (Å²) in [6, 6.07) is 3.36. The number of nitro benzene ring substituents is 1. The number of nitro groups is 1. The first-order valence-corrected chi connectivity index (χ1v) is 9.23. The molecule has 0 radical (unpaired) electrons. The molecule has 0 spiro atoms. The van der Waals surface area contributed by atoms with Crippen molar-refractivity contribution in [1.29, 1.82) is 0 Å². The van der Waals surface area contributed by atoms with Crippen molar-refractivity contribution in [3.63, 3.8) is 0 Å². The number of nitrogens with one attached hydrogen (secondary N) is 2. The van der Waals surface area contributed by atoms with Crippen LogP contribution in [0, 0.1) is 10.1 Å². The van der Waals surface area contributed by atoms with Crippen molar-refractivity contribution in [2.24, 2.45) is 5.73 Å². The molecule has 1 rings (SSSR count). The van der Waals surface area contributed by atoms with Crippen molar-refractivity contribution in [3.05, 3.63) is 34.4 Å². The van der Waals surface area contributed by atoms with E-state index in [0.29, 0.717) is 0 Å². The average molecular weight is 428 g/mol. The topological polar surface area (TPSA) is 202 Å². The number of thioether (sulfide) groups is 1. The maximum Gasteiger partial charge on any atom is 0.322 e. The van der Waals surface area contributed by atoms with Crippen LogP contribution in [0.2, 0.25) is 0 Å². The monoisotopic (exact) mass is 428 g/mol. The summed E-state index contributed by atoms with van der Waals surface area (Å²) < 4.78 is 0. The van der Waals surface area contributed by atoms with Crippen molar-refractivity contribution in [1.82, 2.24) is 10.6 Å². The first-order chi connectivity index (χ1) is 13.6. The molecule has 12 nitrogen and oxygen atoms in total. The quantitative estimate of drug-likeness (QED) is 0.165. The van der Waals surface area contributed by atoms with E-state index in [2.05, 4.69) is 10.6 Å². The molecule has 0 aliphatic rings. The lowest BCUT2D eigenvalue weighted by molar-refractivity contribution is -0.387. The molecule has 1 aromatic rings. The zero-order chi connectivity index (χ0) is 22.0. The highest BCUT2D eigenvalue weighted by Gasteiger charge is 2.24. The molecule has 13 heteroatoms. The standard InChI is InChI=1S/C16H20N4O8S/c17-9(16(25)26)5-6-13(21)19-10(15(24)18-7-14(22)23)8-29-12-4-2-1-3-11(12)20(27)28/h1-4,9-10H,5-8,17H2,(H,18,24)(H,19,21)(H,22,23)(H,25,26)/t9-,10?/m0/s1. The molecule has 6 N–H and O–H groups in total. The Bertz CT molecular complexity index is 788. The minimum absolute atomic E-state index is 0.118. The minimum atomic E-state index is -1.29. The van der Waals surface area contributed by atoms with E-state index in [1.165, 1.54) is 18.2 Å². The van der Waals surface area contributed by atoms with Gasteiger partial charge in [0, 0.05) is 18.2 Å². The number of hydrogen-bond donors (Lipinski definition) is 5. The van der Waals surface area contributed by atoms with Crippen molar-refractivity contribution in [3.8, 4) is 0 Å². The molecule has 0 aliphatic carbocycles. The number of carboxylic acid groups (broad SMARTS) is 2. The van der Waals surface area contributed by atoms with Crippen LogP contribution < -0.4 is 16.4 Å². The lowest BCUT2D eigenvalue weighted by Crippen LogP contribution is -2.49. The fourth-order valence-corrected chi connectivity index (χ4v) is 3.09. The number of aliphatic carboxylic acids is 2. The predicted octanol–water partition coefficient (Wildman–Crippen LogP) is -0.435. The molecule has 0 aromatic heterocycles.